The van der Waals surface area contributed by atoms with Crippen LogP contribution in [0.25, 0.3) is 100 Å². The molecule has 7 aromatic carbocycles. The number of pyridine rings is 1. The molecule has 0 bridgehead atoms. The van der Waals surface area contributed by atoms with E-state index in [9.17, 15) is 0 Å². The Morgan fingerprint density at radius 1 is 0.390 bits per heavy atom. The fourth-order valence-electron chi connectivity index (χ4n) is 9.31. The van der Waals surface area contributed by atoms with Gasteiger partial charge in [0.15, 0.2) is 17.5 Å². The van der Waals surface area contributed by atoms with Gasteiger partial charge in [-0.05, 0) is 65.2 Å². The van der Waals surface area contributed by atoms with E-state index in [2.05, 4.69) is 156 Å². The van der Waals surface area contributed by atoms with Gasteiger partial charge < -0.3 is 4.57 Å². The molecule has 11 aromatic rings. The third-order valence-electron chi connectivity index (χ3n) is 12.2. The number of hydrogen-bond acceptors (Lipinski definition) is 4. The van der Waals surface area contributed by atoms with Crippen LogP contribution in [0.1, 0.15) is 25.0 Å². The van der Waals surface area contributed by atoms with Gasteiger partial charge in [0.2, 0.25) is 0 Å². The molecule has 1 aliphatic heterocycles. The molecule has 4 aromatic heterocycles. The molecule has 0 N–H and O–H groups in total. The fourth-order valence-corrected chi connectivity index (χ4v) is 9.31. The van der Waals surface area contributed by atoms with Crippen molar-refractivity contribution >= 4 is 43.6 Å². The molecule has 1 aliphatic rings. The minimum atomic E-state index is -0.358. The minimum absolute atomic E-state index is 0.358. The molecule has 0 atom stereocenters. The molecule has 0 aliphatic carbocycles. The lowest BCUT2D eigenvalue weighted by molar-refractivity contribution is 0.624. The first-order valence-corrected chi connectivity index (χ1v) is 20.1. The van der Waals surface area contributed by atoms with Gasteiger partial charge in [0.05, 0.1) is 22.1 Å². The molecule has 0 saturated carbocycles. The van der Waals surface area contributed by atoms with Crippen LogP contribution in [0, 0.1) is 0 Å². The van der Waals surface area contributed by atoms with Crippen molar-refractivity contribution in [3.8, 4) is 56.8 Å². The monoisotopic (exact) mass is 756 g/mol. The molecular weight excluding hydrogens is 721 g/mol. The van der Waals surface area contributed by atoms with E-state index in [1.165, 1.54) is 44.1 Å². The van der Waals surface area contributed by atoms with E-state index in [0.29, 0.717) is 17.5 Å². The normalized spacial score (nSPS) is 13.1. The van der Waals surface area contributed by atoms with Crippen molar-refractivity contribution in [2.24, 2.45) is 0 Å². The van der Waals surface area contributed by atoms with Gasteiger partial charge in [0.25, 0.3) is 0 Å². The van der Waals surface area contributed by atoms with Crippen molar-refractivity contribution in [2.45, 2.75) is 19.3 Å². The van der Waals surface area contributed by atoms with Crippen LogP contribution in [0.5, 0.6) is 0 Å². The maximum absolute atomic E-state index is 5.19. The highest BCUT2D eigenvalue weighted by atomic mass is 15.1. The maximum atomic E-state index is 5.19. The number of fused-ring (bicyclic) bond motifs is 8. The summed E-state index contributed by atoms with van der Waals surface area (Å²) in [5.41, 5.74) is 12.9. The summed E-state index contributed by atoms with van der Waals surface area (Å²) in [6, 6.07) is 62.3. The number of rotatable bonds is 5. The van der Waals surface area contributed by atoms with Crippen LogP contribution < -0.4 is 0 Å². The zero-order valence-electron chi connectivity index (χ0n) is 32.5. The van der Waals surface area contributed by atoms with E-state index in [1.54, 1.807) is 0 Å². The molecule has 12 rings (SSSR count). The SMILES string of the molecule is CC1(C)c2cccnc2-n2c3ccc(-n4c5ccccc5c5ccc(-c6ccccc6)cc54)cc3c3cc(-c4nc(-c5ccccc5)nc(-c5ccccc5)n4)cc1c32. The average molecular weight is 757 g/mol. The second kappa shape index (κ2) is 12.7. The molecular formula is C53H36N6. The second-order valence-corrected chi connectivity index (χ2v) is 15.9. The van der Waals surface area contributed by atoms with Gasteiger partial charge in [-0.25, -0.2) is 19.9 Å². The molecule has 0 fully saturated rings. The highest BCUT2D eigenvalue weighted by molar-refractivity contribution is 6.14. The summed E-state index contributed by atoms with van der Waals surface area (Å²) in [7, 11) is 0. The van der Waals surface area contributed by atoms with E-state index >= 15 is 0 Å². The van der Waals surface area contributed by atoms with Crippen molar-refractivity contribution in [3.63, 3.8) is 0 Å². The lowest BCUT2D eigenvalue weighted by Gasteiger charge is -2.34. The van der Waals surface area contributed by atoms with Crippen LogP contribution in [0.2, 0.25) is 0 Å². The van der Waals surface area contributed by atoms with Crippen LogP contribution in [-0.2, 0) is 5.41 Å². The van der Waals surface area contributed by atoms with E-state index in [1.807, 2.05) is 48.7 Å². The number of aromatic nitrogens is 6. The molecule has 0 amide bonds. The van der Waals surface area contributed by atoms with Crippen LogP contribution in [0.15, 0.2) is 182 Å². The van der Waals surface area contributed by atoms with Crippen LogP contribution in [0.4, 0.5) is 0 Å². The standard InChI is InChI=1S/C53H36N6/c1-53(2)43-22-14-28-54-52(43)59-46-27-25-38(58-45-23-13-12-21-39(45)40-26-24-36(31-47(40)58)33-15-6-3-7-16-33)32-41(46)42-29-37(30-44(53)48(42)59)51-56-49(34-17-8-4-9-18-34)55-50(57-51)35-19-10-5-11-20-35/h3-32H,1-2H3. The van der Waals surface area contributed by atoms with Gasteiger partial charge in [-0.15, -0.1) is 0 Å². The Morgan fingerprint density at radius 2 is 1.00 bits per heavy atom. The average Bonchev–Trinajstić information content (AvgIpc) is 3.81. The Hall–Kier alpha value is -7.70. The van der Waals surface area contributed by atoms with Crippen LogP contribution >= 0.6 is 0 Å². The molecule has 278 valence electrons. The first-order chi connectivity index (χ1) is 29.0. The molecule has 0 radical (unpaired) electrons. The topological polar surface area (TPSA) is 61.4 Å². The fraction of sp³-hybridized carbons (Fsp3) is 0.0566. The van der Waals surface area contributed by atoms with E-state index in [4.69, 9.17) is 19.9 Å². The highest BCUT2D eigenvalue weighted by Crippen LogP contribution is 2.49. The predicted octanol–water partition coefficient (Wildman–Crippen LogP) is 12.8. The van der Waals surface area contributed by atoms with Gasteiger partial charge in [-0.3, -0.25) is 4.57 Å². The lowest BCUT2D eigenvalue weighted by atomic mass is 9.75. The van der Waals surface area contributed by atoms with Crippen LogP contribution in [-0.4, -0.2) is 29.1 Å². The smallest absolute Gasteiger partial charge is 0.164 e. The molecule has 0 spiro atoms. The van der Waals surface area contributed by atoms with Gasteiger partial charge in [-0.2, -0.15) is 0 Å². The largest absolute Gasteiger partial charge is 0.309 e. The molecule has 0 unspecified atom stereocenters. The summed E-state index contributed by atoms with van der Waals surface area (Å²) >= 11 is 0. The number of para-hydroxylation sites is 1. The third-order valence-corrected chi connectivity index (χ3v) is 12.2. The van der Waals surface area contributed by atoms with Crippen LogP contribution in [0.3, 0.4) is 0 Å². The quantitative estimate of drug-likeness (QED) is 0.175. The summed E-state index contributed by atoms with van der Waals surface area (Å²) in [6.45, 7) is 4.61. The third kappa shape index (κ3) is 5.06. The maximum Gasteiger partial charge on any atom is 0.164 e. The van der Waals surface area contributed by atoms with E-state index in [-0.39, 0.29) is 5.41 Å². The van der Waals surface area contributed by atoms with Crippen molar-refractivity contribution in [2.75, 3.05) is 0 Å². The van der Waals surface area contributed by atoms with E-state index in [0.717, 1.165) is 50.0 Å². The number of benzene rings is 7. The zero-order valence-corrected chi connectivity index (χ0v) is 32.5. The summed E-state index contributed by atoms with van der Waals surface area (Å²) in [6.07, 6.45) is 1.91. The van der Waals surface area contributed by atoms with Gasteiger partial charge in [0.1, 0.15) is 5.82 Å². The molecule has 0 saturated heterocycles. The summed E-state index contributed by atoms with van der Waals surface area (Å²) in [5, 5.41) is 4.72. The van der Waals surface area contributed by atoms with Crippen molar-refractivity contribution in [3.05, 3.63) is 193 Å². The number of hydrogen-bond donors (Lipinski definition) is 0. The molecule has 6 nitrogen and oxygen atoms in total. The number of nitrogens with zero attached hydrogens (tertiary/aromatic N) is 6. The van der Waals surface area contributed by atoms with Gasteiger partial charge >= 0.3 is 0 Å². The lowest BCUT2D eigenvalue weighted by Crippen LogP contribution is -2.27. The van der Waals surface area contributed by atoms with Crippen molar-refractivity contribution in [1.29, 1.82) is 0 Å². The Labute approximate surface area is 340 Å². The second-order valence-electron chi connectivity index (χ2n) is 15.9. The Morgan fingerprint density at radius 3 is 1.71 bits per heavy atom. The Kier molecular flexibility index (Phi) is 7.17. The van der Waals surface area contributed by atoms with E-state index < -0.39 is 0 Å². The molecule has 6 heteroatoms. The van der Waals surface area contributed by atoms with Crippen molar-refractivity contribution < 1.29 is 0 Å². The van der Waals surface area contributed by atoms with Gasteiger partial charge in [0, 0.05) is 61.1 Å². The highest BCUT2D eigenvalue weighted by Gasteiger charge is 2.37. The summed E-state index contributed by atoms with van der Waals surface area (Å²) < 4.78 is 4.79. The Bertz CT molecular complexity index is 3400. The Balaban J connectivity index is 1.16. The molecule has 59 heavy (non-hydrogen) atoms. The predicted molar refractivity (Wildman–Crippen MR) is 240 cm³/mol. The minimum Gasteiger partial charge on any atom is -0.309 e. The first-order valence-electron chi connectivity index (χ1n) is 20.1. The zero-order chi connectivity index (χ0) is 39.2. The van der Waals surface area contributed by atoms with Crippen molar-refractivity contribution in [1.82, 2.24) is 29.1 Å². The summed E-state index contributed by atoms with van der Waals surface area (Å²) in [4.78, 5) is 20.4. The van der Waals surface area contributed by atoms with Gasteiger partial charge in [-0.1, -0.05) is 141 Å². The first kappa shape index (κ1) is 33.4. The summed E-state index contributed by atoms with van der Waals surface area (Å²) in [5.74, 6) is 2.88. The molecule has 5 heterocycles.